The van der Waals surface area contributed by atoms with Crippen LogP contribution in [0.2, 0.25) is 0 Å². The lowest BCUT2D eigenvalue weighted by molar-refractivity contribution is -0.150. The predicted octanol–water partition coefficient (Wildman–Crippen LogP) is 3.81. The summed E-state index contributed by atoms with van der Waals surface area (Å²) < 4.78 is 5.91. The predicted molar refractivity (Wildman–Crippen MR) is 103 cm³/mol. The zero-order valence-corrected chi connectivity index (χ0v) is 16.3. The number of fused-ring (bicyclic) bond motifs is 2. The van der Waals surface area contributed by atoms with E-state index in [1.165, 1.54) is 32.1 Å². The number of nitrogens with zero attached hydrogens (tertiary/aromatic N) is 2. The second kappa shape index (κ2) is 7.43. The maximum atomic E-state index is 12.7. The van der Waals surface area contributed by atoms with Crippen LogP contribution in [0.25, 0.3) is 0 Å². The van der Waals surface area contributed by atoms with Crippen molar-refractivity contribution in [1.82, 2.24) is 4.90 Å². The fourth-order valence-electron chi connectivity index (χ4n) is 4.99. The fraction of sp³-hybridized carbons (Fsp3) is 0.800. The van der Waals surface area contributed by atoms with E-state index in [0.717, 1.165) is 36.5 Å². The molecule has 2 fully saturated rings. The molecule has 4 nitrogen and oxygen atoms in total. The summed E-state index contributed by atoms with van der Waals surface area (Å²) in [6, 6.07) is 0.985. The lowest BCUT2D eigenvalue weighted by atomic mass is 9.80. The molecule has 2 aliphatic carbocycles. The molecule has 0 amide bonds. The summed E-state index contributed by atoms with van der Waals surface area (Å²) in [7, 11) is 0. The Morgan fingerprint density at radius 1 is 1.20 bits per heavy atom. The van der Waals surface area contributed by atoms with Crippen LogP contribution in [0.15, 0.2) is 16.6 Å². The molecule has 0 N–H and O–H groups in total. The van der Waals surface area contributed by atoms with Crippen LogP contribution in [0.5, 0.6) is 0 Å². The van der Waals surface area contributed by atoms with Gasteiger partial charge >= 0.3 is 5.97 Å². The van der Waals surface area contributed by atoms with Gasteiger partial charge in [0.2, 0.25) is 0 Å². The molecule has 2 aliphatic heterocycles. The summed E-state index contributed by atoms with van der Waals surface area (Å²) in [4.78, 5) is 20.1. The van der Waals surface area contributed by atoms with Crippen LogP contribution in [0.1, 0.15) is 58.8 Å². The summed E-state index contributed by atoms with van der Waals surface area (Å²) >= 11 is 1.83. The van der Waals surface area contributed by atoms with Crippen LogP contribution >= 0.6 is 11.8 Å². The average Bonchev–Trinajstić information content (AvgIpc) is 3.06. The van der Waals surface area contributed by atoms with Crippen molar-refractivity contribution < 1.29 is 9.53 Å². The molecule has 4 aliphatic rings. The van der Waals surface area contributed by atoms with E-state index in [2.05, 4.69) is 24.8 Å². The number of rotatable bonds is 4. The molecule has 5 atom stereocenters. The zero-order valence-electron chi connectivity index (χ0n) is 15.4. The highest BCUT2D eigenvalue weighted by molar-refractivity contribution is 8.15. The first-order valence-corrected chi connectivity index (χ1v) is 11.0. The molecule has 5 unspecified atom stereocenters. The van der Waals surface area contributed by atoms with E-state index in [1.54, 1.807) is 0 Å². The van der Waals surface area contributed by atoms with Gasteiger partial charge in [0.25, 0.3) is 0 Å². The molecule has 0 spiro atoms. The number of carbonyl (C=O) groups is 1. The number of carbonyl (C=O) groups excluding carboxylic acids is 1. The van der Waals surface area contributed by atoms with Crippen LogP contribution < -0.4 is 0 Å². The van der Waals surface area contributed by atoms with E-state index in [1.807, 2.05) is 11.8 Å². The van der Waals surface area contributed by atoms with Gasteiger partial charge in [-0.3, -0.25) is 4.99 Å². The second-order valence-electron chi connectivity index (χ2n) is 7.82. The molecule has 5 heteroatoms. The van der Waals surface area contributed by atoms with Crippen LogP contribution in [0.4, 0.5) is 0 Å². The Bertz CT molecular complexity index is 584. The van der Waals surface area contributed by atoms with E-state index >= 15 is 0 Å². The molecule has 25 heavy (non-hydrogen) atoms. The molecule has 4 rings (SSSR count). The Balaban J connectivity index is 1.47. The van der Waals surface area contributed by atoms with Gasteiger partial charge in [0.1, 0.15) is 11.1 Å². The molecule has 2 saturated carbocycles. The largest absolute Gasteiger partial charge is 0.458 e. The summed E-state index contributed by atoms with van der Waals surface area (Å²) in [6.45, 7) is 6.58. The van der Waals surface area contributed by atoms with Gasteiger partial charge in [0.05, 0.1) is 11.6 Å². The topological polar surface area (TPSA) is 41.9 Å². The van der Waals surface area contributed by atoms with Crippen molar-refractivity contribution in [2.24, 2.45) is 10.9 Å². The Kier molecular flexibility index (Phi) is 5.23. The minimum absolute atomic E-state index is 0.0601. The van der Waals surface area contributed by atoms with Gasteiger partial charge < -0.3 is 9.64 Å². The van der Waals surface area contributed by atoms with Crippen molar-refractivity contribution >= 4 is 22.8 Å². The van der Waals surface area contributed by atoms with Gasteiger partial charge in [0.15, 0.2) is 0 Å². The Morgan fingerprint density at radius 2 is 2.00 bits per heavy atom. The summed E-state index contributed by atoms with van der Waals surface area (Å²) in [5, 5.41) is 1.56. The van der Waals surface area contributed by atoms with Crippen LogP contribution in [-0.4, -0.2) is 52.4 Å². The van der Waals surface area contributed by atoms with Crippen LogP contribution in [0.3, 0.4) is 0 Å². The minimum Gasteiger partial charge on any atom is -0.458 e. The Labute approximate surface area is 155 Å². The monoisotopic (exact) mass is 362 g/mol. The molecular weight excluding hydrogens is 332 g/mol. The number of hydrogen-bond acceptors (Lipinski definition) is 5. The van der Waals surface area contributed by atoms with Gasteiger partial charge in [-0.05, 0) is 38.8 Å². The lowest BCUT2D eigenvalue weighted by Gasteiger charge is -2.41. The third-order valence-electron chi connectivity index (χ3n) is 6.45. The van der Waals surface area contributed by atoms with Crippen LogP contribution in [-0.2, 0) is 9.53 Å². The third-order valence-corrected chi connectivity index (χ3v) is 7.85. The van der Waals surface area contributed by atoms with Gasteiger partial charge in [0, 0.05) is 23.6 Å². The first-order valence-electron chi connectivity index (χ1n) is 10.1. The van der Waals surface area contributed by atoms with Crippen molar-refractivity contribution in [1.29, 1.82) is 0 Å². The van der Waals surface area contributed by atoms with Crippen molar-refractivity contribution in [2.45, 2.75) is 82.2 Å². The average molecular weight is 363 g/mol. The smallest absolute Gasteiger partial charge is 0.340 e. The quantitative estimate of drug-likeness (QED) is 0.713. The van der Waals surface area contributed by atoms with E-state index in [9.17, 15) is 4.79 Å². The first-order chi connectivity index (χ1) is 12.2. The maximum Gasteiger partial charge on any atom is 0.340 e. The standard InChI is InChI=1S/C20H30N2O2S/c1-3-22(4-2)14-10-9-13-11-15(20(23)24-17(13)12-14)19-21-16-7-5-6-8-18(16)25-19/h11,13-14,16-18H,3-10,12H2,1-2H3. The zero-order chi connectivity index (χ0) is 17.4. The second-order valence-corrected chi connectivity index (χ2v) is 9.05. The maximum absolute atomic E-state index is 12.7. The molecule has 0 radical (unpaired) electrons. The van der Waals surface area contributed by atoms with Crippen molar-refractivity contribution in [3.05, 3.63) is 11.6 Å². The highest BCUT2D eigenvalue weighted by Crippen LogP contribution is 2.42. The molecule has 0 aromatic heterocycles. The van der Waals surface area contributed by atoms with E-state index in [0.29, 0.717) is 23.3 Å². The Hall–Kier alpha value is -0.810. The van der Waals surface area contributed by atoms with Crippen LogP contribution in [0, 0.1) is 5.92 Å². The van der Waals surface area contributed by atoms with Gasteiger partial charge in [-0.15, -0.1) is 11.8 Å². The molecule has 0 saturated heterocycles. The molecule has 0 aromatic rings. The number of thioether (sulfide) groups is 1. The SMILES string of the molecule is CCN(CC)C1CCC2C=C(C3=NC4CCCCC4S3)C(=O)OC2C1. The molecule has 138 valence electrons. The number of hydrogen-bond donors (Lipinski definition) is 0. The Morgan fingerprint density at radius 3 is 2.76 bits per heavy atom. The highest BCUT2D eigenvalue weighted by Gasteiger charge is 2.41. The van der Waals surface area contributed by atoms with Crippen molar-refractivity contribution in [3.8, 4) is 0 Å². The van der Waals surface area contributed by atoms with E-state index in [-0.39, 0.29) is 12.1 Å². The minimum atomic E-state index is -0.133. The van der Waals surface area contributed by atoms with Gasteiger partial charge in [-0.25, -0.2) is 4.79 Å². The molecular formula is C20H30N2O2S. The van der Waals surface area contributed by atoms with Gasteiger partial charge in [-0.1, -0.05) is 32.8 Å². The van der Waals surface area contributed by atoms with Crippen molar-refractivity contribution in [3.63, 3.8) is 0 Å². The molecule has 2 heterocycles. The number of esters is 1. The van der Waals surface area contributed by atoms with E-state index < -0.39 is 0 Å². The lowest BCUT2D eigenvalue weighted by Crippen LogP contribution is -2.46. The summed E-state index contributed by atoms with van der Waals surface area (Å²) in [6.07, 6.45) is 10.6. The van der Waals surface area contributed by atoms with Gasteiger partial charge in [-0.2, -0.15) is 0 Å². The molecule has 0 aromatic carbocycles. The number of aliphatic imine (C=N–C) groups is 1. The molecule has 0 bridgehead atoms. The number of ether oxygens (including phenoxy) is 1. The third kappa shape index (κ3) is 3.42. The first kappa shape index (κ1) is 17.6. The normalized spacial score (nSPS) is 37.9. The summed E-state index contributed by atoms with van der Waals surface area (Å²) in [5.41, 5.74) is 0.766. The highest BCUT2D eigenvalue weighted by atomic mass is 32.2. The fourth-order valence-corrected chi connectivity index (χ4v) is 6.39. The van der Waals surface area contributed by atoms with Crippen molar-refractivity contribution in [2.75, 3.05) is 13.1 Å². The van der Waals surface area contributed by atoms with E-state index in [4.69, 9.17) is 9.73 Å². The summed E-state index contributed by atoms with van der Waals surface area (Å²) in [5.74, 6) is 0.247.